The van der Waals surface area contributed by atoms with Crippen LogP contribution in [0.25, 0.3) is 50.2 Å². The second-order valence-corrected chi connectivity index (χ2v) is 8.40. The number of aromatic nitrogens is 3. The van der Waals surface area contributed by atoms with E-state index in [1.807, 2.05) is 62.5 Å². The Morgan fingerprint density at radius 3 is 2.59 bits per heavy atom. The van der Waals surface area contributed by atoms with E-state index in [1.165, 1.54) is 0 Å². The molecule has 4 heteroatoms. The maximum Gasteiger partial charge on any atom is 0.165 e. The van der Waals surface area contributed by atoms with Gasteiger partial charge in [0.25, 0.3) is 0 Å². The first kappa shape index (κ1) is 17.7. The number of nitrogens with zero attached hydrogens (tertiary/aromatic N) is 3. The van der Waals surface area contributed by atoms with Gasteiger partial charge in [-0.3, -0.25) is 4.57 Å². The van der Waals surface area contributed by atoms with E-state index in [2.05, 4.69) is 46.8 Å². The van der Waals surface area contributed by atoms with Gasteiger partial charge in [0.1, 0.15) is 16.7 Å². The number of furan rings is 1. The summed E-state index contributed by atoms with van der Waals surface area (Å²) in [7, 11) is 0. The lowest BCUT2D eigenvalue weighted by molar-refractivity contribution is 0.667. The van der Waals surface area contributed by atoms with Crippen LogP contribution in [0.5, 0.6) is 0 Å². The molecule has 6 aromatic rings. The number of imidazole rings is 1. The van der Waals surface area contributed by atoms with Gasteiger partial charge in [0, 0.05) is 24.0 Å². The molecule has 156 valence electrons. The number of para-hydroxylation sites is 2. The molecule has 0 aliphatic carbocycles. The predicted octanol–water partition coefficient (Wildman–Crippen LogP) is 7.42. The summed E-state index contributed by atoms with van der Waals surface area (Å²) >= 11 is 0. The molecule has 0 radical (unpaired) electrons. The molecule has 0 fully saturated rings. The van der Waals surface area contributed by atoms with E-state index in [0.29, 0.717) is 0 Å². The molecule has 0 bridgehead atoms. The number of rotatable bonds is 3. The first-order chi connectivity index (χ1) is 15.9. The molecule has 0 N–H and O–H groups in total. The molecule has 4 nitrogen and oxygen atoms in total. The van der Waals surface area contributed by atoms with Crippen molar-refractivity contribution in [3.8, 4) is 17.1 Å². The zero-order valence-corrected chi connectivity index (χ0v) is 18.3. The highest BCUT2D eigenvalue weighted by Gasteiger charge is 2.21. The minimum absolute atomic E-state index is 0.694. The minimum atomic E-state index is -0.694. The summed E-state index contributed by atoms with van der Waals surface area (Å²) < 4.78 is 16.9. The Bertz CT molecular complexity index is 1660. The van der Waals surface area contributed by atoms with Gasteiger partial charge in [0.15, 0.2) is 11.5 Å². The van der Waals surface area contributed by atoms with Crippen LogP contribution in [0.1, 0.15) is 32.2 Å². The molecule has 0 saturated carbocycles. The van der Waals surface area contributed by atoms with Crippen molar-refractivity contribution in [2.45, 2.75) is 26.7 Å². The largest absolute Gasteiger partial charge is 0.455 e. The molecule has 0 amide bonds. The normalized spacial score (nSPS) is 12.7. The molecule has 0 aliphatic rings. The summed E-state index contributed by atoms with van der Waals surface area (Å²) in [5.74, 6) is 0.101. The van der Waals surface area contributed by atoms with Crippen LogP contribution >= 0.6 is 0 Å². The van der Waals surface area contributed by atoms with Crippen molar-refractivity contribution in [2.24, 2.45) is 0 Å². The third kappa shape index (κ3) is 2.76. The maximum absolute atomic E-state index is 8.40. The van der Waals surface area contributed by atoms with E-state index in [0.717, 1.165) is 61.3 Å². The second-order valence-electron chi connectivity index (χ2n) is 8.40. The molecule has 0 saturated heterocycles. The average Bonchev–Trinajstić information content (AvgIpc) is 3.38. The van der Waals surface area contributed by atoms with Crippen molar-refractivity contribution >= 4 is 33.1 Å². The van der Waals surface area contributed by atoms with Crippen molar-refractivity contribution in [1.29, 1.82) is 0 Å². The van der Waals surface area contributed by atoms with E-state index < -0.39 is 5.89 Å². The highest BCUT2D eigenvalue weighted by molar-refractivity contribution is 6.09. The first-order valence-electron chi connectivity index (χ1n) is 11.3. The third-order valence-electron chi connectivity index (χ3n) is 6.08. The molecule has 0 atom stereocenters. The van der Waals surface area contributed by atoms with Gasteiger partial charge in [-0.2, -0.15) is 0 Å². The monoisotopic (exact) mass is 418 g/mol. The Labute approximate surface area is 187 Å². The summed E-state index contributed by atoms with van der Waals surface area (Å²) in [6.07, 6.45) is 1.83. The van der Waals surface area contributed by atoms with Gasteiger partial charge in [-0.25, -0.2) is 9.97 Å². The fourth-order valence-electron chi connectivity index (χ4n) is 4.38. The maximum atomic E-state index is 8.40. The first-order valence-corrected chi connectivity index (χ1v) is 10.8. The molecule has 6 rings (SSSR count). The van der Waals surface area contributed by atoms with Crippen LogP contribution in [-0.4, -0.2) is 14.5 Å². The van der Waals surface area contributed by atoms with E-state index >= 15 is 0 Å². The van der Waals surface area contributed by atoms with E-state index in [9.17, 15) is 0 Å². The van der Waals surface area contributed by atoms with Crippen molar-refractivity contribution in [2.75, 3.05) is 0 Å². The van der Waals surface area contributed by atoms with Crippen LogP contribution in [0.3, 0.4) is 0 Å². The molecule has 0 aliphatic heterocycles. The van der Waals surface area contributed by atoms with Gasteiger partial charge in [-0.15, -0.1) is 0 Å². The Balaban J connectivity index is 1.69. The SMILES string of the molecule is [2H]C(C)(C)c1ccc2c(c1)oc1c(-c3nc4c(C)ccnc4n3-c3ccccc3)cccc12. The predicted molar refractivity (Wildman–Crippen MR) is 130 cm³/mol. The van der Waals surface area contributed by atoms with Crippen LogP contribution in [0.2, 0.25) is 0 Å². The van der Waals surface area contributed by atoms with Crippen molar-refractivity contribution in [3.63, 3.8) is 0 Å². The lowest BCUT2D eigenvalue weighted by Crippen LogP contribution is -1.98. The molecule has 3 aromatic carbocycles. The van der Waals surface area contributed by atoms with Crippen molar-refractivity contribution < 1.29 is 5.79 Å². The van der Waals surface area contributed by atoms with Gasteiger partial charge in [0.2, 0.25) is 0 Å². The Kier molecular flexibility index (Phi) is 3.91. The topological polar surface area (TPSA) is 43.9 Å². The molecule has 32 heavy (non-hydrogen) atoms. The zero-order valence-electron chi connectivity index (χ0n) is 19.3. The Hall–Kier alpha value is -3.92. The van der Waals surface area contributed by atoms with Gasteiger partial charge in [-0.1, -0.05) is 56.3 Å². The highest BCUT2D eigenvalue weighted by Crippen LogP contribution is 2.38. The summed E-state index contributed by atoms with van der Waals surface area (Å²) in [6, 6.07) is 24.4. The highest BCUT2D eigenvalue weighted by atomic mass is 16.3. The molecule has 3 aromatic heterocycles. The van der Waals surface area contributed by atoms with Gasteiger partial charge >= 0.3 is 0 Å². The number of hydrogen-bond acceptors (Lipinski definition) is 3. The number of benzene rings is 3. The number of pyridine rings is 1. The summed E-state index contributed by atoms with van der Waals surface area (Å²) in [4.78, 5) is 9.72. The van der Waals surface area contributed by atoms with E-state index in [1.54, 1.807) is 0 Å². The Morgan fingerprint density at radius 1 is 0.938 bits per heavy atom. The summed E-state index contributed by atoms with van der Waals surface area (Å²) in [5, 5.41) is 2.07. The fraction of sp³-hybridized carbons (Fsp3) is 0.143. The van der Waals surface area contributed by atoms with Crippen LogP contribution in [0.15, 0.2) is 83.4 Å². The van der Waals surface area contributed by atoms with Gasteiger partial charge < -0.3 is 4.42 Å². The Morgan fingerprint density at radius 2 is 1.78 bits per heavy atom. The van der Waals surface area contributed by atoms with Gasteiger partial charge in [-0.05, 0) is 54.3 Å². The lowest BCUT2D eigenvalue weighted by Gasteiger charge is -2.09. The van der Waals surface area contributed by atoms with Crippen LogP contribution in [0, 0.1) is 6.92 Å². The molecule has 0 unspecified atom stereocenters. The number of hydrogen-bond donors (Lipinski definition) is 0. The summed E-state index contributed by atoms with van der Waals surface area (Å²) in [6.45, 7) is 5.83. The lowest BCUT2D eigenvalue weighted by atomic mass is 10.0. The average molecular weight is 419 g/mol. The fourth-order valence-corrected chi connectivity index (χ4v) is 4.38. The molecular formula is C28H23N3O. The second kappa shape index (κ2) is 7.06. The van der Waals surface area contributed by atoms with Crippen molar-refractivity contribution in [3.05, 3.63) is 90.1 Å². The van der Waals surface area contributed by atoms with Crippen LogP contribution in [0.4, 0.5) is 0 Å². The molecule has 3 heterocycles. The zero-order chi connectivity index (χ0) is 22.7. The quantitative estimate of drug-likeness (QED) is 0.300. The van der Waals surface area contributed by atoms with E-state index in [-0.39, 0.29) is 0 Å². The van der Waals surface area contributed by atoms with Crippen molar-refractivity contribution in [1.82, 2.24) is 14.5 Å². The number of aryl methyl sites for hydroxylation is 1. The summed E-state index contributed by atoms with van der Waals surface area (Å²) in [5.41, 5.74) is 7.19. The third-order valence-corrected chi connectivity index (χ3v) is 6.08. The van der Waals surface area contributed by atoms with E-state index in [4.69, 9.17) is 10.8 Å². The standard InChI is InChI=1S/C28H23N3O/c1-17(2)19-12-13-21-22-10-7-11-23(26(22)32-24(21)16-19)27-30-25-18(3)14-15-29-28(25)31(27)20-8-5-4-6-9-20/h4-17H,1-3H3/i17D. The van der Waals surface area contributed by atoms with Crippen LogP contribution in [-0.2, 0) is 0 Å². The van der Waals surface area contributed by atoms with Gasteiger partial charge in [0.05, 0.1) is 5.56 Å². The number of fused-ring (bicyclic) bond motifs is 4. The molecular weight excluding hydrogens is 394 g/mol. The minimum Gasteiger partial charge on any atom is -0.455 e. The van der Waals surface area contributed by atoms with Crippen LogP contribution < -0.4 is 0 Å². The molecule has 0 spiro atoms. The smallest absolute Gasteiger partial charge is 0.165 e.